The summed E-state index contributed by atoms with van der Waals surface area (Å²) in [6.07, 6.45) is 2.25. The molecule has 2 heteroatoms. The van der Waals surface area contributed by atoms with Crippen molar-refractivity contribution in [3.05, 3.63) is 23.5 Å². The zero-order chi connectivity index (χ0) is 9.84. The summed E-state index contributed by atoms with van der Waals surface area (Å²) in [7, 11) is 0. The summed E-state index contributed by atoms with van der Waals surface area (Å²) >= 11 is 0. The highest BCUT2D eigenvalue weighted by molar-refractivity contribution is 5.42. The van der Waals surface area contributed by atoms with E-state index >= 15 is 0 Å². The number of nitrogens with zero attached hydrogens (tertiary/aromatic N) is 1. The summed E-state index contributed by atoms with van der Waals surface area (Å²) in [5.74, 6) is 0.704. The fourth-order valence-electron chi connectivity index (χ4n) is 1.24. The summed E-state index contributed by atoms with van der Waals surface area (Å²) < 4.78 is 0. The maximum atomic E-state index is 5.69. The van der Waals surface area contributed by atoms with Crippen LogP contribution in [0.4, 0.5) is 5.69 Å². The zero-order valence-electron chi connectivity index (χ0n) is 8.67. The summed E-state index contributed by atoms with van der Waals surface area (Å²) in [6, 6.07) is 3.97. The lowest BCUT2D eigenvalue weighted by Gasteiger charge is -2.08. The molecule has 1 aromatic rings. The molecule has 0 aliphatic rings. The first-order valence-electron chi connectivity index (χ1n) is 4.85. The Labute approximate surface area is 80.2 Å². The van der Waals surface area contributed by atoms with Crippen LogP contribution in [0, 0.1) is 12.8 Å². The number of aryl methyl sites for hydroxylation is 1. The largest absolute Gasteiger partial charge is 0.397 e. The van der Waals surface area contributed by atoms with Crippen LogP contribution in [0.1, 0.15) is 31.7 Å². The number of nitrogens with two attached hydrogens (primary N) is 1. The van der Waals surface area contributed by atoms with Crippen molar-refractivity contribution in [2.24, 2.45) is 5.92 Å². The van der Waals surface area contributed by atoms with Gasteiger partial charge in [0.1, 0.15) is 0 Å². The molecule has 72 valence electrons. The molecule has 0 saturated heterocycles. The molecule has 1 atom stereocenters. The number of nitrogen functional groups attached to an aromatic ring is 1. The van der Waals surface area contributed by atoms with Gasteiger partial charge in [-0.3, -0.25) is 4.98 Å². The van der Waals surface area contributed by atoms with Crippen molar-refractivity contribution in [3.8, 4) is 0 Å². The van der Waals surface area contributed by atoms with E-state index in [1.165, 1.54) is 6.42 Å². The minimum atomic E-state index is 0.704. The lowest BCUT2D eigenvalue weighted by molar-refractivity contribution is 0.552. The minimum Gasteiger partial charge on any atom is -0.397 e. The maximum absolute atomic E-state index is 5.69. The standard InChI is InChI=1S/C11H18N2/c1-4-8(2)7-10-5-6-11(12)9(3)13-10/h5-6,8H,4,7,12H2,1-3H3. The van der Waals surface area contributed by atoms with E-state index in [-0.39, 0.29) is 0 Å². The minimum absolute atomic E-state index is 0.704. The summed E-state index contributed by atoms with van der Waals surface area (Å²) in [6.45, 7) is 6.40. The summed E-state index contributed by atoms with van der Waals surface area (Å²) in [5.41, 5.74) is 8.57. The van der Waals surface area contributed by atoms with Crippen LogP contribution in [0.15, 0.2) is 12.1 Å². The molecule has 1 unspecified atom stereocenters. The van der Waals surface area contributed by atoms with Gasteiger partial charge < -0.3 is 5.73 Å². The van der Waals surface area contributed by atoms with Gasteiger partial charge in [0.25, 0.3) is 0 Å². The highest BCUT2D eigenvalue weighted by Gasteiger charge is 2.03. The Kier molecular flexibility index (Phi) is 3.29. The van der Waals surface area contributed by atoms with E-state index < -0.39 is 0 Å². The van der Waals surface area contributed by atoms with Crippen molar-refractivity contribution >= 4 is 5.69 Å². The molecule has 0 fully saturated rings. The smallest absolute Gasteiger partial charge is 0.0604 e. The molecule has 0 aliphatic heterocycles. The number of anilines is 1. The van der Waals surface area contributed by atoms with Crippen molar-refractivity contribution in [1.29, 1.82) is 0 Å². The third-order valence-electron chi connectivity index (χ3n) is 2.44. The van der Waals surface area contributed by atoms with E-state index in [9.17, 15) is 0 Å². The highest BCUT2D eigenvalue weighted by atomic mass is 14.7. The first kappa shape index (κ1) is 10.0. The van der Waals surface area contributed by atoms with Crippen LogP contribution in [-0.4, -0.2) is 4.98 Å². The number of hydrogen-bond donors (Lipinski definition) is 1. The van der Waals surface area contributed by atoms with E-state index in [0.717, 1.165) is 23.5 Å². The van der Waals surface area contributed by atoms with Gasteiger partial charge in [-0.15, -0.1) is 0 Å². The Morgan fingerprint density at radius 2 is 2.15 bits per heavy atom. The van der Waals surface area contributed by atoms with Crippen LogP contribution in [0.2, 0.25) is 0 Å². The van der Waals surface area contributed by atoms with Crippen LogP contribution >= 0.6 is 0 Å². The van der Waals surface area contributed by atoms with Crippen LogP contribution in [0.5, 0.6) is 0 Å². The molecular formula is C11H18N2. The molecule has 2 N–H and O–H groups in total. The van der Waals surface area contributed by atoms with Crippen LogP contribution in [0.25, 0.3) is 0 Å². The first-order chi connectivity index (χ1) is 6.13. The van der Waals surface area contributed by atoms with E-state index in [4.69, 9.17) is 5.73 Å². The van der Waals surface area contributed by atoms with Crippen LogP contribution in [-0.2, 0) is 6.42 Å². The lowest BCUT2D eigenvalue weighted by Crippen LogP contribution is -2.02. The number of rotatable bonds is 3. The second-order valence-corrected chi connectivity index (χ2v) is 3.69. The average Bonchev–Trinajstić information content (AvgIpc) is 2.11. The molecule has 0 aromatic carbocycles. The van der Waals surface area contributed by atoms with Gasteiger partial charge in [0.15, 0.2) is 0 Å². The summed E-state index contributed by atoms with van der Waals surface area (Å²) in [4.78, 5) is 4.44. The lowest BCUT2D eigenvalue weighted by atomic mass is 10.0. The van der Waals surface area contributed by atoms with Crippen LogP contribution in [0.3, 0.4) is 0 Å². The average molecular weight is 178 g/mol. The van der Waals surface area contributed by atoms with E-state index in [2.05, 4.69) is 18.8 Å². The highest BCUT2D eigenvalue weighted by Crippen LogP contribution is 2.13. The third kappa shape index (κ3) is 2.72. The van der Waals surface area contributed by atoms with Gasteiger partial charge >= 0.3 is 0 Å². The van der Waals surface area contributed by atoms with Gasteiger partial charge in [-0.25, -0.2) is 0 Å². The van der Waals surface area contributed by atoms with Crippen molar-refractivity contribution in [3.63, 3.8) is 0 Å². The Morgan fingerprint density at radius 3 is 2.69 bits per heavy atom. The van der Waals surface area contributed by atoms with E-state index in [0.29, 0.717) is 5.92 Å². The third-order valence-corrected chi connectivity index (χ3v) is 2.44. The van der Waals surface area contributed by atoms with Crippen molar-refractivity contribution in [2.75, 3.05) is 5.73 Å². The Bertz CT molecular complexity index is 281. The molecule has 13 heavy (non-hydrogen) atoms. The quantitative estimate of drug-likeness (QED) is 0.772. The molecule has 0 bridgehead atoms. The van der Waals surface area contributed by atoms with Gasteiger partial charge in [-0.05, 0) is 31.4 Å². The number of hydrogen-bond acceptors (Lipinski definition) is 2. The molecule has 0 spiro atoms. The first-order valence-corrected chi connectivity index (χ1v) is 4.85. The predicted molar refractivity (Wildman–Crippen MR) is 56.5 cm³/mol. The monoisotopic (exact) mass is 178 g/mol. The Hall–Kier alpha value is -1.05. The molecule has 1 aromatic heterocycles. The molecule has 1 rings (SSSR count). The fourth-order valence-corrected chi connectivity index (χ4v) is 1.24. The fraction of sp³-hybridized carbons (Fsp3) is 0.545. The van der Waals surface area contributed by atoms with Gasteiger partial charge in [0.05, 0.1) is 11.4 Å². The molecule has 2 nitrogen and oxygen atoms in total. The number of pyridine rings is 1. The summed E-state index contributed by atoms with van der Waals surface area (Å²) in [5, 5.41) is 0. The zero-order valence-corrected chi connectivity index (χ0v) is 8.67. The van der Waals surface area contributed by atoms with Gasteiger partial charge in [-0.1, -0.05) is 20.3 Å². The van der Waals surface area contributed by atoms with Crippen molar-refractivity contribution < 1.29 is 0 Å². The van der Waals surface area contributed by atoms with Gasteiger partial charge in [0, 0.05) is 5.69 Å². The van der Waals surface area contributed by atoms with Crippen LogP contribution < -0.4 is 5.73 Å². The Balaban J connectivity index is 2.73. The maximum Gasteiger partial charge on any atom is 0.0604 e. The molecule has 0 saturated carbocycles. The van der Waals surface area contributed by atoms with Gasteiger partial charge in [-0.2, -0.15) is 0 Å². The molecule has 0 aliphatic carbocycles. The molecule has 1 heterocycles. The number of aromatic nitrogens is 1. The van der Waals surface area contributed by atoms with E-state index in [1.807, 2.05) is 19.1 Å². The Morgan fingerprint density at radius 1 is 1.46 bits per heavy atom. The topological polar surface area (TPSA) is 38.9 Å². The molecule has 0 amide bonds. The SMILES string of the molecule is CCC(C)Cc1ccc(N)c(C)n1. The second-order valence-electron chi connectivity index (χ2n) is 3.69. The molecular weight excluding hydrogens is 160 g/mol. The van der Waals surface area contributed by atoms with Crippen molar-refractivity contribution in [1.82, 2.24) is 4.98 Å². The van der Waals surface area contributed by atoms with Crippen molar-refractivity contribution in [2.45, 2.75) is 33.6 Å². The molecule has 0 radical (unpaired) electrons. The predicted octanol–water partition coefficient (Wildman–Crippen LogP) is 2.56. The second kappa shape index (κ2) is 4.26. The van der Waals surface area contributed by atoms with Gasteiger partial charge in [0.2, 0.25) is 0 Å². The normalized spacial score (nSPS) is 12.8. The van der Waals surface area contributed by atoms with E-state index in [1.54, 1.807) is 0 Å².